The first-order valence-electron chi connectivity index (χ1n) is 11.0. The number of rotatable bonds is 7. The molecular weight excluding hydrogens is 380 g/mol. The van der Waals surface area contributed by atoms with E-state index in [1.54, 1.807) is 0 Å². The molecule has 1 atom stereocenters. The third-order valence-electron chi connectivity index (χ3n) is 6.12. The topological polar surface area (TPSA) is 83.4 Å². The van der Waals surface area contributed by atoms with Gasteiger partial charge in [-0.3, -0.25) is 14.5 Å². The number of nitrogens with zero attached hydrogens (tertiary/aromatic N) is 3. The van der Waals surface area contributed by atoms with Gasteiger partial charge in [0.25, 0.3) is 11.8 Å². The zero-order chi connectivity index (χ0) is 20.8. The molecule has 1 aliphatic carbocycles. The first-order valence-corrected chi connectivity index (χ1v) is 11.0. The van der Waals surface area contributed by atoms with Crippen LogP contribution in [0.15, 0.2) is 45.6 Å². The van der Waals surface area contributed by atoms with Crippen LogP contribution >= 0.6 is 0 Å². The average molecular weight is 411 g/mol. The lowest BCUT2D eigenvalue weighted by molar-refractivity contribution is -0.115. The summed E-state index contributed by atoms with van der Waals surface area (Å²) < 4.78 is 5.36. The number of hydrogen-bond donors (Lipinski definition) is 1. The summed E-state index contributed by atoms with van der Waals surface area (Å²) >= 11 is 0. The van der Waals surface area contributed by atoms with Crippen molar-refractivity contribution in [2.75, 3.05) is 39.4 Å². The first kappa shape index (κ1) is 20.9. The van der Waals surface area contributed by atoms with E-state index in [1.165, 1.54) is 0 Å². The molecular formula is C23H30N4O3. The number of hydrogen-bond acceptors (Lipinski definition) is 5. The summed E-state index contributed by atoms with van der Waals surface area (Å²) in [5.74, 6) is -0.206. The Morgan fingerprint density at radius 2 is 2.03 bits per heavy atom. The average Bonchev–Trinajstić information content (AvgIpc) is 2.79. The van der Waals surface area contributed by atoms with Crippen LogP contribution in [0, 0.1) is 0 Å². The van der Waals surface area contributed by atoms with Gasteiger partial charge in [0.2, 0.25) is 0 Å². The highest BCUT2D eigenvalue weighted by Gasteiger charge is 2.29. The molecule has 0 spiro atoms. The molecule has 1 fully saturated rings. The molecule has 1 aromatic rings. The van der Waals surface area contributed by atoms with Crippen LogP contribution in [0.1, 0.15) is 48.0 Å². The van der Waals surface area contributed by atoms with Gasteiger partial charge in [-0.1, -0.05) is 12.1 Å². The van der Waals surface area contributed by atoms with Gasteiger partial charge in [-0.05, 0) is 61.9 Å². The maximum absolute atomic E-state index is 12.6. The number of nitrogens with one attached hydrogen (secondary N) is 1. The van der Waals surface area contributed by atoms with Crippen LogP contribution in [0.4, 0.5) is 0 Å². The Bertz CT molecular complexity index is 843. The molecule has 2 amide bonds. The van der Waals surface area contributed by atoms with Gasteiger partial charge >= 0.3 is 0 Å². The number of ether oxygens (including phenoxy) is 1. The Labute approximate surface area is 177 Å². The van der Waals surface area contributed by atoms with Crippen LogP contribution in [0.3, 0.4) is 0 Å². The molecule has 160 valence electrons. The minimum atomic E-state index is -0.161. The molecule has 0 aromatic heterocycles. The third kappa shape index (κ3) is 5.21. The van der Waals surface area contributed by atoms with E-state index < -0.39 is 0 Å². The Balaban J connectivity index is 1.31. The second-order valence-electron chi connectivity index (χ2n) is 8.22. The van der Waals surface area contributed by atoms with Crippen molar-refractivity contribution in [2.24, 2.45) is 10.2 Å². The Morgan fingerprint density at radius 3 is 2.90 bits per heavy atom. The van der Waals surface area contributed by atoms with Gasteiger partial charge < -0.3 is 10.1 Å². The van der Waals surface area contributed by atoms with Crippen LogP contribution in [0.5, 0.6) is 0 Å². The number of morpholine rings is 1. The van der Waals surface area contributed by atoms with Gasteiger partial charge in [-0.15, -0.1) is 5.11 Å². The number of azo groups is 1. The lowest BCUT2D eigenvalue weighted by Crippen LogP contribution is -2.38. The summed E-state index contributed by atoms with van der Waals surface area (Å²) in [5.41, 5.74) is 3.74. The van der Waals surface area contributed by atoms with E-state index in [1.807, 2.05) is 24.3 Å². The van der Waals surface area contributed by atoms with Crippen LogP contribution in [0.25, 0.3) is 0 Å². The van der Waals surface area contributed by atoms with Gasteiger partial charge in [0, 0.05) is 37.2 Å². The molecule has 3 aliphatic rings. The van der Waals surface area contributed by atoms with Crippen LogP contribution in [0.2, 0.25) is 0 Å². The molecule has 0 radical (unpaired) electrons. The molecule has 1 aromatic carbocycles. The second kappa shape index (κ2) is 10.1. The predicted octanol–water partition coefficient (Wildman–Crippen LogP) is 2.91. The minimum absolute atomic E-state index is 0.0446. The number of benzene rings is 1. The van der Waals surface area contributed by atoms with Crippen molar-refractivity contribution in [1.82, 2.24) is 10.2 Å². The smallest absolute Gasteiger partial charge is 0.291 e. The van der Waals surface area contributed by atoms with Gasteiger partial charge in [0.15, 0.2) is 0 Å². The highest BCUT2D eigenvalue weighted by molar-refractivity contribution is 5.96. The Hall–Kier alpha value is -2.38. The lowest BCUT2D eigenvalue weighted by Gasteiger charge is -2.26. The van der Waals surface area contributed by atoms with Crippen molar-refractivity contribution in [3.05, 3.63) is 46.5 Å². The summed E-state index contributed by atoms with van der Waals surface area (Å²) in [6.45, 7) is 5.18. The predicted molar refractivity (Wildman–Crippen MR) is 114 cm³/mol. The summed E-state index contributed by atoms with van der Waals surface area (Å²) in [7, 11) is 0. The fourth-order valence-electron chi connectivity index (χ4n) is 4.45. The number of carbonyl (C=O) groups excluding carboxylic acids is 2. The molecule has 7 nitrogen and oxygen atoms in total. The monoisotopic (exact) mass is 410 g/mol. The van der Waals surface area contributed by atoms with Gasteiger partial charge in [0.1, 0.15) is 0 Å². The maximum Gasteiger partial charge on any atom is 0.291 e. The summed E-state index contributed by atoms with van der Waals surface area (Å²) in [6, 6.07) is 7.64. The van der Waals surface area contributed by atoms with Crippen molar-refractivity contribution in [1.29, 1.82) is 0 Å². The molecule has 1 saturated heterocycles. The van der Waals surface area contributed by atoms with E-state index >= 15 is 0 Å². The van der Waals surface area contributed by atoms with Crippen molar-refractivity contribution < 1.29 is 14.3 Å². The van der Waals surface area contributed by atoms with E-state index in [2.05, 4.69) is 20.4 Å². The van der Waals surface area contributed by atoms with Gasteiger partial charge in [-0.25, -0.2) is 0 Å². The largest absolute Gasteiger partial charge is 0.379 e. The third-order valence-corrected chi connectivity index (χ3v) is 6.12. The molecule has 1 N–H and O–H groups in total. The lowest BCUT2D eigenvalue weighted by atomic mass is 9.84. The number of carbonyl (C=O) groups is 2. The molecule has 7 heteroatoms. The molecule has 0 saturated carbocycles. The van der Waals surface area contributed by atoms with E-state index in [4.69, 9.17) is 4.74 Å². The van der Waals surface area contributed by atoms with Crippen molar-refractivity contribution in [3.8, 4) is 0 Å². The quantitative estimate of drug-likeness (QED) is 0.701. The van der Waals surface area contributed by atoms with Crippen molar-refractivity contribution >= 4 is 11.8 Å². The zero-order valence-corrected chi connectivity index (χ0v) is 17.4. The molecule has 2 heterocycles. The van der Waals surface area contributed by atoms with Crippen molar-refractivity contribution in [2.45, 2.75) is 44.6 Å². The Kier molecular flexibility index (Phi) is 7.02. The SMILES string of the molecule is O=C1N=NC(Cc2cccc(C(=O)NCCCN3CCOCC3)c2)C2=C1CCCC2. The van der Waals surface area contributed by atoms with E-state index in [0.29, 0.717) is 18.5 Å². The summed E-state index contributed by atoms with van der Waals surface area (Å²) in [5, 5.41) is 11.2. The fraction of sp³-hybridized carbons (Fsp3) is 0.565. The minimum Gasteiger partial charge on any atom is -0.379 e. The molecule has 30 heavy (non-hydrogen) atoms. The first-order chi connectivity index (χ1) is 14.7. The second-order valence-corrected chi connectivity index (χ2v) is 8.22. The Morgan fingerprint density at radius 1 is 1.20 bits per heavy atom. The van der Waals surface area contributed by atoms with E-state index in [0.717, 1.165) is 81.7 Å². The van der Waals surface area contributed by atoms with Gasteiger partial charge in [0.05, 0.1) is 19.3 Å². The normalized spacial score (nSPS) is 22.1. The van der Waals surface area contributed by atoms with E-state index in [-0.39, 0.29) is 17.9 Å². The van der Waals surface area contributed by atoms with Crippen LogP contribution < -0.4 is 5.32 Å². The highest BCUT2D eigenvalue weighted by Crippen LogP contribution is 2.33. The highest BCUT2D eigenvalue weighted by atomic mass is 16.5. The molecule has 1 unspecified atom stereocenters. The summed E-state index contributed by atoms with van der Waals surface area (Å²) in [6.07, 6.45) is 5.50. The molecule has 0 bridgehead atoms. The standard InChI is InChI=1S/C23H30N4O3/c28-22(24-9-4-10-27-11-13-30-14-12-27)18-6-3-5-17(15-18)16-21-19-7-1-2-8-20(19)23(29)26-25-21/h3,5-6,15,21H,1-2,4,7-14,16H2,(H,24,28). The fourth-order valence-corrected chi connectivity index (χ4v) is 4.45. The maximum atomic E-state index is 12.6. The van der Waals surface area contributed by atoms with Crippen molar-refractivity contribution in [3.63, 3.8) is 0 Å². The van der Waals surface area contributed by atoms with Crippen LogP contribution in [-0.4, -0.2) is 62.1 Å². The summed E-state index contributed by atoms with van der Waals surface area (Å²) in [4.78, 5) is 27.0. The zero-order valence-electron chi connectivity index (χ0n) is 17.4. The van der Waals surface area contributed by atoms with Gasteiger partial charge in [-0.2, -0.15) is 5.11 Å². The van der Waals surface area contributed by atoms with Crippen LogP contribution in [-0.2, 0) is 16.0 Å². The molecule has 2 aliphatic heterocycles. The number of amides is 2. The molecule has 4 rings (SSSR count). The van der Waals surface area contributed by atoms with E-state index in [9.17, 15) is 9.59 Å².